The SMILES string of the molecule is O=S(=O)(O)C/C=C\CNC1CCCCC1. The standard InChI is InChI=1S/C10H19NO3S/c12-15(13,14)9-5-4-8-11-10-6-2-1-3-7-10/h4-5,10-11H,1-3,6-9H2,(H,12,13,14)/b5-4-. The van der Waals surface area contributed by atoms with E-state index in [0.29, 0.717) is 12.6 Å². The zero-order chi connectivity index (χ0) is 11.1. The summed E-state index contributed by atoms with van der Waals surface area (Å²) in [5.41, 5.74) is 0. The van der Waals surface area contributed by atoms with Gasteiger partial charge in [0.25, 0.3) is 10.1 Å². The van der Waals surface area contributed by atoms with Crippen LogP contribution in [0.1, 0.15) is 32.1 Å². The summed E-state index contributed by atoms with van der Waals surface area (Å²) in [7, 11) is -3.84. The molecule has 2 N–H and O–H groups in total. The molecule has 0 aromatic rings. The second kappa shape index (κ2) is 6.25. The first-order valence-corrected chi connectivity index (χ1v) is 7.02. The quantitative estimate of drug-likeness (QED) is 0.555. The first kappa shape index (κ1) is 12.7. The molecule has 4 nitrogen and oxygen atoms in total. The summed E-state index contributed by atoms with van der Waals surface area (Å²) in [6, 6.07) is 0.578. The van der Waals surface area contributed by atoms with Crippen LogP contribution in [0.25, 0.3) is 0 Å². The van der Waals surface area contributed by atoms with Crippen LogP contribution in [0.15, 0.2) is 12.2 Å². The Hall–Kier alpha value is -0.390. The Morgan fingerprint density at radius 3 is 2.47 bits per heavy atom. The van der Waals surface area contributed by atoms with Crippen LogP contribution in [0.3, 0.4) is 0 Å². The van der Waals surface area contributed by atoms with Crippen LogP contribution >= 0.6 is 0 Å². The Bertz CT molecular complexity index is 292. The molecule has 0 unspecified atom stereocenters. The fourth-order valence-electron chi connectivity index (χ4n) is 1.81. The molecule has 5 heteroatoms. The molecule has 1 aliphatic carbocycles. The highest BCUT2D eigenvalue weighted by molar-refractivity contribution is 7.85. The van der Waals surface area contributed by atoms with Gasteiger partial charge in [-0.1, -0.05) is 31.4 Å². The van der Waals surface area contributed by atoms with Gasteiger partial charge in [-0.25, -0.2) is 0 Å². The summed E-state index contributed by atoms with van der Waals surface area (Å²) < 4.78 is 29.2. The second-order valence-corrected chi connectivity index (χ2v) is 5.46. The molecular weight excluding hydrogens is 214 g/mol. The molecule has 0 saturated heterocycles. The molecule has 0 aromatic heterocycles. The van der Waals surface area contributed by atoms with Crippen LogP contribution < -0.4 is 5.32 Å². The summed E-state index contributed by atoms with van der Waals surface area (Å²) in [5.74, 6) is -0.292. The minimum atomic E-state index is -3.84. The third-order valence-corrected chi connectivity index (χ3v) is 3.22. The van der Waals surface area contributed by atoms with E-state index in [1.807, 2.05) is 0 Å². The van der Waals surface area contributed by atoms with Crippen molar-refractivity contribution in [2.75, 3.05) is 12.3 Å². The first-order chi connectivity index (χ1) is 7.08. The third-order valence-electron chi connectivity index (χ3n) is 2.60. The van der Waals surface area contributed by atoms with Gasteiger partial charge in [-0.3, -0.25) is 4.55 Å². The maximum absolute atomic E-state index is 10.4. The molecule has 0 aromatic carbocycles. The Morgan fingerprint density at radius 2 is 1.87 bits per heavy atom. The Morgan fingerprint density at radius 1 is 1.20 bits per heavy atom. The smallest absolute Gasteiger partial charge is 0.268 e. The molecule has 0 aliphatic heterocycles. The van der Waals surface area contributed by atoms with Gasteiger partial charge in [0, 0.05) is 12.6 Å². The van der Waals surface area contributed by atoms with Crippen molar-refractivity contribution < 1.29 is 13.0 Å². The summed E-state index contributed by atoms with van der Waals surface area (Å²) in [6.45, 7) is 0.681. The van der Waals surface area contributed by atoms with E-state index < -0.39 is 10.1 Å². The Kier molecular flexibility index (Phi) is 5.28. The molecule has 88 valence electrons. The van der Waals surface area contributed by atoms with Crippen LogP contribution in [-0.2, 0) is 10.1 Å². The van der Waals surface area contributed by atoms with Gasteiger partial charge in [0.1, 0.15) is 0 Å². The molecule has 1 fully saturated rings. The fourth-order valence-corrected chi connectivity index (χ4v) is 2.19. The number of hydrogen-bond acceptors (Lipinski definition) is 3. The lowest BCUT2D eigenvalue weighted by Gasteiger charge is -2.21. The summed E-state index contributed by atoms with van der Waals surface area (Å²) >= 11 is 0. The van der Waals surface area contributed by atoms with Crippen molar-refractivity contribution in [3.05, 3.63) is 12.2 Å². The van der Waals surface area contributed by atoms with Crippen LogP contribution in [0.4, 0.5) is 0 Å². The van der Waals surface area contributed by atoms with E-state index in [-0.39, 0.29) is 5.75 Å². The highest BCUT2D eigenvalue weighted by Crippen LogP contribution is 2.16. The highest BCUT2D eigenvalue weighted by Gasteiger charge is 2.11. The Balaban J connectivity index is 2.10. The summed E-state index contributed by atoms with van der Waals surface area (Å²) in [5, 5.41) is 3.34. The molecule has 1 rings (SSSR count). The number of rotatable bonds is 5. The summed E-state index contributed by atoms with van der Waals surface area (Å²) in [6.07, 6.45) is 9.56. The minimum absolute atomic E-state index is 0.292. The van der Waals surface area contributed by atoms with E-state index in [1.165, 1.54) is 38.2 Å². The van der Waals surface area contributed by atoms with E-state index in [1.54, 1.807) is 6.08 Å². The zero-order valence-electron chi connectivity index (χ0n) is 8.85. The Labute approximate surface area is 91.5 Å². The van der Waals surface area contributed by atoms with Crippen molar-refractivity contribution in [2.24, 2.45) is 0 Å². The zero-order valence-corrected chi connectivity index (χ0v) is 9.67. The highest BCUT2D eigenvalue weighted by atomic mass is 32.2. The van der Waals surface area contributed by atoms with Crippen LogP contribution in [-0.4, -0.2) is 31.3 Å². The van der Waals surface area contributed by atoms with E-state index in [4.69, 9.17) is 4.55 Å². The van der Waals surface area contributed by atoms with Gasteiger partial charge in [-0.05, 0) is 12.8 Å². The van der Waals surface area contributed by atoms with Crippen molar-refractivity contribution >= 4 is 10.1 Å². The maximum atomic E-state index is 10.4. The van der Waals surface area contributed by atoms with Crippen LogP contribution in [0.2, 0.25) is 0 Å². The number of hydrogen-bond donors (Lipinski definition) is 2. The van der Waals surface area contributed by atoms with Crippen molar-refractivity contribution in [3.63, 3.8) is 0 Å². The van der Waals surface area contributed by atoms with Gasteiger partial charge < -0.3 is 5.32 Å². The first-order valence-electron chi connectivity index (χ1n) is 5.41. The molecule has 0 atom stereocenters. The predicted molar refractivity (Wildman–Crippen MR) is 60.4 cm³/mol. The molecule has 15 heavy (non-hydrogen) atoms. The summed E-state index contributed by atoms with van der Waals surface area (Å²) in [4.78, 5) is 0. The molecule has 0 bridgehead atoms. The van der Waals surface area contributed by atoms with E-state index in [2.05, 4.69) is 5.32 Å². The van der Waals surface area contributed by atoms with Gasteiger partial charge in [0.2, 0.25) is 0 Å². The van der Waals surface area contributed by atoms with Crippen LogP contribution in [0.5, 0.6) is 0 Å². The largest absolute Gasteiger partial charge is 0.311 e. The van der Waals surface area contributed by atoms with Gasteiger partial charge in [-0.15, -0.1) is 0 Å². The van der Waals surface area contributed by atoms with E-state index in [0.717, 1.165) is 0 Å². The maximum Gasteiger partial charge on any atom is 0.268 e. The monoisotopic (exact) mass is 233 g/mol. The van der Waals surface area contributed by atoms with E-state index >= 15 is 0 Å². The molecule has 0 spiro atoms. The fraction of sp³-hybridized carbons (Fsp3) is 0.800. The third kappa shape index (κ3) is 6.65. The van der Waals surface area contributed by atoms with Crippen molar-refractivity contribution in [3.8, 4) is 0 Å². The van der Waals surface area contributed by atoms with Gasteiger partial charge in [0.15, 0.2) is 0 Å². The van der Waals surface area contributed by atoms with Crippen LogP contribution in [0, 0.1) is 0 Å². The van der Waals surface area contributed by atoms with Crippen molar-refractivity contribution in [1.29, 1.82) is 0 Å². The second-order valence-electron chi connectivity index (χ2n) is 3.96. The van der Waals surface area contributed by atoms with Gasteiger partial charge >= 0.3 is 0 Å². The average molecular weight is 233 g/mol. The van der Waals surface area contributed by atoms with Crippen molar-refractivity contribution in [1.82, 2.24) is 5.32 Å². The lowest BCUT2D eigenvalue weighted by molar-refractivity contribution is 0.385. The minimum Gasteiger partial charge on any atom is -0.311 e. The molecule has 1 aliphatic rings. The molecular formula is C10H19NO3S. The molecule has 0 amide bonds. The molecule has 0 radical (unpaired) electrons. The molecule has 0 heterocycles. The van der Waals surface area contributed by atoms with E-state index in [9.17, 15) is 8.42 Å². The lowest BCUT2D eigenvalue weighted by atomic mass is 9.95. The topological polar surface area (TPSA) is 66.4 Å². The van der Waals surface area contributed by atoms with Crippen molar-refractivity contribution in [2.45, 2.75) is 38.1 Å². The normalized spacial score (nSPS) is 19.8. The molecule has 1 saturated carbocycles. The lowest BCUT2D eigenvalue weighted by Crippen LogP contribution is -2.30. The van der Waals surface area contributed by atoms with Gasteiger partial charge in [-0.2, -0.15) is 8.42 Å². The average Bonchev–Trinajstić information content (AvgIpc) is 2.17. The van der Waals surface area contributed by atoms with Gasteiger partial charge in [0.05, 0.1) is 5.75 Å². The number of nitrogens with one attached hydrogen (secondary N) is 1. The predicted octanol–water partition coefficient (Wildman–Crippen LogP) is 1.35.